The fraction of sp³-hybridized carbons (Fsp3) is 0.238. The maximum absolute atomic E-state index is 11.6. The molecular formula is C21H20Cl3N7O2. The largest absolute Gasteiger partial charge is 0.369 e. The first-order chi connectivity index (χ1) is 15.9. The first-order valence-electron chi connectivity index (χ1n) is 10.0. The van der Waals surface area contributed by atoms with E-state index in [-0.39, 0.29) is 17.0 Å². The molecule has 3 heterocycles. The fourth-order valence-corrected chi connectivity index (χ4v) is 3.69. The Labute approximate surface area is 205 Å². The van der Waals surface area contributed by atoms with Gasteiger partial charge in [0, 0.05) is 26.2 Å². The maximum Gasteiger partial charge on any atom is 0.229 e. The van der Waals surface area contributed by atoms with Crippen molar-refractivity contribution >= 4 is 69.5 Å². The lowest BCUT2D eigenvalue weighted by molar-refractivity contribution is -0.114. The van der Waals surface area contributed by atoms with Crippen molar-refractivity contribution in [3.8, 4) is 0 Å². The van der Waals surface area contributed by atoms with Gasteiger partial charge in [-0.2, -0.15) is 4.98 Å². The van der Waals surface area contributed by atoms with E-state index in [1.165, 1.54) is 13.1 Å². The summed E-state index contributed by atoms with van der Waals surface area (Å²) in [5, 5.41) is 13.1. The fourth-order valence-electron chi connectivity index (χ4n) is 3.23. The van der Waals surface area contributed by atoms with Crippen molar-refractivity contribution in [3.05, 3.63) is 57.4 Å². The molecule has 1 aromatic carbocycles. The van der Waals surface area contributed by atoms with Crippen LogP contribution in [0.4, 0.5) is 28.8 Å². The van der Waals surface area contributed by atoms with E-state index in [1.54, 1.807) is 18.3 Å². The van der Waals surface area contributed by atoms with Crippen molar-refractivity contribution in [2.75, 3.05) is 35.6 Å². The summed E-state index contributed by atoms with van der Waals surface area (Å²) in [6.45, 7) is 3.45. The zero-order chi connectivity index (χ0) is 23.4. The summed E-state index contributed by atoms with van der Waals surface area (Å²) in [7, 11) is 0. The molecule has 172 valence electrons. The van der Waals surface area contributed by atoms with Crippen LogP contribution in [0.25, 0.3) is 0 Å². The van der Waals surface area contributed by atoms with Gasteiger partial charge in [-0.05, 0) is 24.3 Å². The summed E-state index contributed by atoms with van der Waals surface area (Å²) in [4.78, 5) is 24.8. The number of hydrogen-bond acceptors (Lipinski definition) is 8. The highest BCUT2D eigenvalue weighted by Crippen LogP contribution is 2.36. The van der Waals surface area contributed by atoms with Crippen molar-refractivity contribution < 1.29 is 9.53 Å². The summed E-state index contributed by atoms with van der Waals surface area (Å²) >= 11 is 18.6. The first kappa shape index (κ1) is 23.5. The highest BCUT2D eigenvalue weighted by Gasteiger charge is 2.21. The molecule has 1 aliphatic rings. The Morgan fingerprint density at radius 1 is 1.09 bits per heavy atom. The number of anilines is 5. The Hall–Kier alpha value is -2.69. The Bertz CT molecular complexity index is 1170. The van der Waals surface area contributed by atoms with Gasteiger partial charge in [-0.15, -0.1) is 0 Å². The molecule has 3 aromatic rings. The average Bonchev–Trinajstić information content (AvgIpc) is 2.80. The third kappa shape index (κ3) is 5.82. The number of benzene rings is 1. The van der Waals surface area contributed by atoms with Crippen LogP contribution in [0, 0.1) is 0 Å². The lowest BCUT2D eigenvalue weighted by atomic mass is 10.1. The van der Waals surface area contributed by atoms with Gasteiger partial charge in [0.25, 0.3) is 0 Å². The summed E-state index contributed by atoms with van der Waals surface area (Å²) < 4.78 is 5.83. The van der Waals surface area contributed by atoms with Gasteiger partial charge in [0.2, 0.25) is 11.9 Å². The van der Waals surface area contributed by atoms with E-state index >= 15 is 0 Å². The molecule has 9 nitrogen and oxygen atoms in total. The van der Waals surface area contributed by atoms with E-state index in [9.17, 15) is 4.79 Å². The Balaban J connectivity index is 1.62. The van der Waals surface area contributed by atoms with E-state index in [2.05, 4.69) is 36.2 Å². The smallest absolute Gasteiger partial charge is 0.229 e. The minimum atomic E-state index is -0.267. The van der Waals surface area contributed by atoms with Gasteiger partial charge in [-0.3, -0.25) is 9.78 Å². The van der Waals surface area contributed by atoms with Crippen LogP contribution in [-0.2, 0) is 9.53 Å². The second-order valence-electron chi connectivity index (χ2n) is 7.13. The van der Waals surface area contributed by atoms with Crippen molar-refractivity contribution in [1.82, 2.24) is 20.3 Å². The monoisotopic (exact) mass is 507 g/mol. The predicted molar refractivity (Wildman–Crippen MR) is 130 cm³/mol. The number of rotatable bonds is 6. The van der Waals surface area contributed by atoms with E-state index in [0.717, 1.165) is 12.2 Å². The molecule has 0 spiro atoms. The second kappa shape index (κ2) is 10.5. The molecule has 12 heteroatoms. The average molecular weight is 509 g/mol. The normalized spacial score (nSPS) is 15.7. The summed E-state index contributed by atoms with van der Waals surface area (Å²) in [6.07, 6.45) is 2.98. The topological polar surface area (TPSA) is 113 Å². The lowest BCUT2D eigenvalue weighted by Gasteiger charge is -2.24. The number of nitrogens with one attached hydrogen (secondary N) is 4. The van der Waals surface area contributed by atoms with Gasteiger partial charge >= 0.3 is 0 Å². The van der Waals surface area contributed by atoms with Crippen molar-refractivity contribution in [3.63, 3.8) is 0 Å². The molecule has 0 bridgehead atoms. The highest BCUT2D eigenvalue weighted by molar-refractivity contribution is 6.42. The van der Waals surface area contributed by atoms with Gasteiger partial charge in [0.15, 0.2) is 5.82 Å². The van der Waals surface area contributed by atoms with Gasteiger partial charge < -0.3 is 26.0 Å². The van der Waals surface area contributed by atoms with E-state index in [4.69, 9.17) is 39.5 Å². The van der Waals surface area contributed by atoms with Crippen molar-refractivity contribution in [2.24, 2.45) is 0 Å². The second-order valence-corrected chi connectivity index (χ2v) is 8.35. The Kier molecular flexibility index (Phi) is 7.46. The SMILES string of the molecule is CC(=O)Nc1cc(Cl)c(Cl)cc1Nc1nc(Nc2cccnc2C2CNCCO2)ncc1Cl. The number of ether oxygens (including phenoxy) is 1. The molecule has 1 atom stereocenters. The number of aromatic nitrogens is 3. The Morgan fingerprint density at radius 3 is 2.61 bits per heavy atom. The molecule has 1 aliphatic heterocycles. The van der Waals surface area contributed by atoms with Crippen LogP contribution in [-0.4, -0.2) is 40.6 Å². The van der Waals surface area contributed by atoms with Crippen LogP contribution in [0.3, 0.4) is 0 Å². The first-order valence-corrected chi connectivity index (χ1v) is 11.1. The maximum atomic E-state index is 11.6. The van der Waals surface area contributed by atoms with E-state index in [1.807, 2.05) is 12.1 Å². The number of hydrogen-bond donors (Lipinski definition) is 4. The minimum Gasteiger partial charge on any atom is -0.369 e. The number of carbonyl (C=O) groups is 1. The van der Waals surface area contributed by atoms with Crippen molar-refractivity contribution in [1.29, 1.82) is 0 Å². The molecule has 2 aromatic heterocycles. The van der Waals surface area contributed by atoms with Gasteiger partial charge in [-0.25, -0.2) is 4.98 Å². The van der Waals surface area contributed by atoms with Crippen LogP contribution in [0.15, 0.2) is 36.7 Å². The lowest BCUT2D eigenvalue weighted by Crippen LogP contribution is -2.34. The number of amides is 1. The van der Waals surface area contributed by atoms with Crippen LogP contribution in [0.1, 0.15) is 18.7 Å². The molecule has 0 aliphatic carbocycles. The number of morpholine rings is 1. The quantitative estimate of drug-likeness (QED) is 0.370. The summed E-state index contributed by atoms with van der Waals surface area (Å²) in [5.74, 6) is 0.331. The summed E-state index contributed by atoms with van der Waals surface area (Å²) in [6, 6.07) is 6.81. The zero-order valence-corrected chi connectivity index (χ0v) is 19.7. The molecular weight excluding hydrogens is 489 g/mol. The molecule has 0 radical (unpaired) electrons. The van der Waals surface area contributed by atoms with Crippen molar-refractivity contribution in [2.45, 2.75) is 13.0 Å². The molecule has 1 fully saturated rings. The third-order valence-corrected chi connectivity index (χ3v) is 5.68. The standard InChI is InChI=1S/C21H20Cl3N7O2/c1-11(32)28-16-7-12(22)13(23)8-17(16)29-20-14(24)9-27-21(31-20)30-15-3-2-4-26-19(15)18-10-25-5-6-33-18/h2-4,7-9,18,25H,5-6,10H2,1H3,(H,28,32)(H2,27,29,30,31). The van der Waals surface area contributed by atoms with E-state index < -0.39 is 0 Å². The molecule has 4 N–H and O–H groups in total. The minimum absolute atomic E-state index is 0.191. The number of carbonyl (C=O) groups excluding carboxylic acids is 1. The molecule has 1 unspecified atom stereocenters. The number of pyridine rings is 1. The van der Waals surface area contributed by atoms with Crippen LogP contribution >= 0.6 is 34.8 Å². The van der Waals surface area contributed by atoms with E-state index in [0.29, 0.717) is 52.0 Å². The van der Waals surface area contributed by atoms with Gasteiger partial charge in [0.1, 0.15) is 11.1 Å². The number of nitrogens with zero attached hydrogens (tertiary/aromatic N) is 3. The zero-order valence-electron chi connectivity index (χ0n) is 17.5. The van der Waals surface area contributed by atoms with Gasteiger partial charge in [0.05, 0.1) is 45.6 Å². The molecule has 1 amide bonds. The highest BCUT2D eigenvalue weighted by atomic mass is 35.5. The Morgan fingerprint density at radius 2 is 1.88 bits per heavy atom. The molecule has 33 heavy (non-hydrogen) atoms. The van der Waals surface area contributed by atoms with Crippen LogP contribution in [0.5, 0.6) is 0 Å². The van der Waals surface area contributed by atoms with Gasteiger partial charge in [-0.1, -0.05) is 34.8 Å². The van der Waals surface area contributed by atoms with Crippen LogP contribution < -0.4 is 21.3 Å². The molecule has 1 saturated heterocycles. The van der Waals surface area contributed by atoms with Crippen LogP contribution in [0.2, 0.25) is 15.1 Å². The molecule has 4 rings (SSSR count). The number of halogens is 3. The predicted octanol–water partition coefficient (Wildman–Crippen LogP) is 4.94. The summed E-state index contributed by atoms with van der Waals surface area (Å²) in [5.41, 5.74) is 2.36. The molecule has 0 saturated carbocycles. The third-order valence-electron chi connectivity index (χ3n) is 4.69.